The van der Waals surface area contributed by atoms with Crippen molar-refractivity contribution < 1.29 is 22.8 Å². The van der Waals surface area contributed by atoms with E-state index in [1.807, 2.05) is 5.32 Å². The van der Waals surface area contributed by atoms with Gasteiger partial charge in [0.25, 0.3) is 0 Å². The minimum atomic E-state index is -4.97. The zero-order valence-corrected chi connectivity index (χ0v) is 12.9. The fourth-order valence-electron chi connectivity index (χ4n) is 2.63. The molecular formula is C18H13F3N2O2. The lowest BCUT2D eigenvalue weighted by molar-refractivity contribution is -0.167. The highest BCUT2D eigenvalue weighted by Crippen LogP contribution is 2.25. The second kappa shape index (κ2) is 6.48. The fourth-order valence-corrected chi connectivity index (χ4v) is 2.63. The quantitative estimate of drug-likeness (QED) is 0.803. The molecule has 1 amide bonds. The number of halogens is 3. The predicted octanol–water partition coefficient (Wildman–Crippen LogP) is 3.56. The number of carbonyl (C=O) groups is 2. The number of nitrogens with one attached hydrogen (secondary N) is 1. The Kier molecular flexibility index (Phi) is 4.36. The van der Waals surface area contributed by atoms with Crippen LogP contribution in [0.5, 0.6) is 0 Å². The first kappa shape index (κ1) is 16.8. The van der Waals surface area contributed by atoms with Crippen molar-refractivity contribution in [2.24, 2.45) is 0 Å². The number of anilines is 1. The first-order valence-corrected chi connectivity index (χ1v) is 7.55. The molecule has 0 fully saturated rings. The number of alkyl halides is 3. The van der Waals surface area contributed by atoms with E-state index in [9.17, 15) is 22.8 Å². The zero-order valence-electron chi connectivity index (χ0n) is 12.9. The lowest BCUT2D eigenvalue weighted by Crippen LogP contribution is -2.30. The molecule has 0 spiro atoms. The summed E-state index contributed by atoms with van der Waals surface area (Å²) in [6.45, 7) is 0. The van der Waals surface area contributed by atoms with E-state index in [-0.39, 0.29) is 23.1 Å². The number of benzene rings is 1. The van der Waals surface area contributed by atoms with Crippen LogP contribution in [0.2, 0.25) is 0 Å². The molecule has 1 atom stereocenters. The van der Waals surface area contributed by atoms with Crippen molar-refractivity contribution in [2.75, 3.05) is 5.32 Å². The largest absolute Gasteiger partial charge is 0.471 e. The molecule has 4 nitrogen and oxygen atoms in total. The van der Waals surface area contributed by atoms with Gasteiger partial charge >= 0.3 is 12.1 Å². The molecular weight excluding hydrogens is 333 g/mol. The third-order valence-corrected chi connectivity index (χ3v) is 3.85. The minimum absolute atomic E-state index is 0.00283. The van der Waals surface area contributed by atoms with Gasteiger partial charge in [-0.25, -0.2) is 0 Å². The van der Waals surface area contributed by atoms with Gasteiger partial charge in [-0.1, -0.05) is 24.0 Å². The molecule has 0 saturated carbocycles. The summed E-state index contributed by atoms with van der Waals surface area (Å²) in [6, 6.07) is 9.26. The molecule has 25 heavy (non-hydrogen) atoms. The Balaban J connectivity index is 1.87. The Morgan fingerprint density at radius 2 is 1.96 bits per heavy atom. The molecule has 3 rings (SSSR count). The van der Waals surface area contributed by atoms with Crippen molar-refractivity contribution >= 4 is 17.4 Å². The van der Waals surface area contributed by atoms with Crippen molar-refractivity contribution in [2.45, 2.75) is 25.1 Å². The Morgan fingerprint density at radius 1 is 1.20 bits per heavy atom. The first-order valence-electron chi connectivity index (χ1n) is 7.55. The van der Waals surface area contributed by atoms with Crippen molar-refractivity contribution in [1.82, 2.24) is 4.57 Å². The summed E-state index contributed by atoms with van der Waals surface area (Å²) in [5.74, 6) is 3.80. The second-order valence-electron chi connectivity index (χ2n) is 5.55. The van der Waals surface area contributed by atoms with Crippen molar-refractivity contribution in [3.05, 3.63) is 53.9 Å². The Hall–Kier alpha value is -3.01. The molecule has 1 unspecified atom stereocenters. The van der Waals surface area contributed by atoms with Crippen LogP contribution in [0.1, 0.15) is 34.9 Å². The monoisotopic (exact) mass is 346 g/mol. The number of fused-ring (bicyclic) bond motifs is 1. The SMILES string of the molecule is O=C1CCC(C#Cc2ccccc2NC(=O)C(F)(F)F)n2cccc21. The number of nitrogens with zero attached hydrogens (tertiary/aromatic N) is 1. The number of rotatable bonds is 1. The maximum atomic E-state index is 12.4. The minimum Gasteiger partial charge on any atom is -0.331 e. The van der Waals surface area contributed by atoms with Gasteiger partial charge < -0.3 is 9.88 Å². The third kappa shape index (κ3) is 3.58. The van der Waals surface area contributed by atoms with Crippen LogP contribution in [0, 0.1) is 11.8 Å². The van der Waals surface area contributed by atoms with E-state index in [0.717, 1.165) is 0 Å². The van der Waals surface area contributed by atoms with E-state index in [0.29, 0.717) is 18.5 Å². The van der Waals surface area contributed by atoms with Crippen LogP contribution in [0.3, 0.4) is 0 Å². The van der Waals surface area contributed by atoms with Crippen molar-refractivity contribution in [3.8, 4) is 11.8 Å². The number of hydrogen-bond acceptors (Lipinski definition) is 2. The van der Waals surface area contributed by atoms with Gasteiger partial charge in [-0.15, -0.1) is 0 Å². The molecule has 7 heteroatoms. The van der Waals surface area contributed by atoms with E-state index < -0.39 is 12.1 Å². The summed E-state index contributed by atoms with van der Waals surface area (Å²) in [5, 5.41) is 1.83. The van der Waals surface area contributed by atoms with Crippen LogP contribution < -0.4 is 5.32 Å². The van der Waals surface area contributed by atoms with Crippen LogP contribution in [0.25, 0.3) is 0 Å². The van der Waals surface area contributed by atoms with Crippen LogP contribution in [0.4, 0.5) is 18.9 Å². The number of hydrogen-bond donors (Lipinski definition) is 1. The molecule has 128 valence electrons. The maximum absolute atomic E-state index is 12.4. The highest BCUT2D eigenvalue weighted by molar-refractivity contribution is 5.96. The predicted molar refractivity (Wildman–Crippen MR) is 85.0 cm³/mol. The maximum Gasteiger partial charge on any atom is 0.471 e. The zero-order chi connectivity index (χ0) is 18.0. The molecule has 1 aliphatic rings. The molecule has 2 aromatic rings. The summed E-state index contributed by atoms with van der Waals surface area (Å²) in [4.78, 5) is 22.9. The van der Waals surface area contributed by atoms with Gasteiger partial charge in [-0.05, 0) is 30.7 Å². The summed E-state index contributed by atoms with van der Waals surface area (Å²) in [6.07, 6.45) is -2.31. The van der Waals surface area contributed by atoms with Gasteiger partial charge in [0.2, 0.25) is 0 Å². The van der Waals surface area contributed by atoms with Gasteiger partial charge in [-0.2, -0.15) is 13.2 Å². The highest BCUT2D eigenvalue weighted by Gasteiger charge is 2.38. The van der Waals surface area contributed by atoms with Crippen LogP contribution in [0.15, 0.2) is 42.6 Å². The molecule has 1 aromatic heterocycles. The van der Waals surface area contributed by atoms with Gasteiger partial charge in [-0.3, -0.25) is 9.59 Å². The smallest absolute Gasteiger partial charge is 0.331 e. The Labute approximate surface area is 141 Å². The van der Waals surface area contributed by atoms with Crippen molar-refractivity contribution in [1.29, 1.82) is 0 Å². The molecule has 1 aliphatic heterocycles. The Morgan fingerprint density at radius 3 is 2.72 bits per heavy atom. The highest BCUT2D eigenvalue weighted by atomic mass is 19.4. The van der Waals surface area contributed by atoms with Gasteiger partial charge in [0.05, 0.1) is 17.4 Å². The van der Waals surface area contributed by atoms with Crippen molar-refractivity contribution in [3.63, 3.8) is 0 Å². The van der Waals surface area contributed by atoms with Gasteiger partial charge in [0.15, 0.2) is 5.78 Å². The lowest BCUT2D eigenvalue weighted by atomic mass is 10.0. The summed E-state index contributed by atoms with van der Waals surface area (Å²) >= 11 is 0. The molecule has 0 saturated heterocycles. The number of amides is 1. The van der Waals surface area contributed by atoms with Gasteiger partial charge in [0, 0.05) is 18.2 Å². The van der Waals surface area contributed by atoms with E-state index in [4.69, 9.17) is 0 Å². The number of Topliss-reactive ketones (excluding diaryl/α,β-unsaturated/α-hetero) is 1. The summed E-state index contributed by atoms with van der Waals surface area (Å²) in [7, 11) is 0. The van der Waals surface area contributed by atoms with E-state index in [1.54, 1.807) is 29.0 Å². The summed E-state index contributed by atoms with van der Waals surface area (Å²) < 4.78 is 39.0. The average Bonchev–Trinajstić information content (AvgIpc) is 3.05. The fraction of sp³-hybridized carbons (Fsp3) is 0.222. The van der Waals surface area contributed by atoms with Crippen LogP contribution in [-0.2, 0) is 4.79 Å². The normalized spacial score (nSPS) is 16.6. The molecule has 0 aliphatic carbocycles. The molecule has 2 heterocycles. The summed E-state index contributed by atoms with van der Waals surface area (Å²) in [5.41, 5.74) is 0.854. The molecule has 0 radical (unpaired) electrons. The van der Waals surface area contributed by atoms with Crippen LogP contribution >= 0.6 is 0 Å². The van der Waals surface area contributed by atoms with E-state index >= 15 is 0 Å². The lowest BCUT2D eigenvalue weighted by Gasteiger charge is -2.20. The van der Waals surface area contributed by atoms with E-state index in [2.05, 4.69) is 11.8 Å². The molecule has 1 N–H and O–H groups in total. The number of para-hydroxylation sites is 1. The number of carbonyl (C=O) groups excluding carboxylic acids is 2. The van der Waals surface area contributed by atoms with Gasteiger partial charge in [0.1, 0.15) is 0 Å². The standard InChI is InChI=1S/C18H13F3N2O2/c19-18(20,21)17(25)22-14-5-2-1-4-12(14)7-8-13-9-10-16(24)15-6-3-11-23(13)15/h1-6,11,13H,9-10H2,(H,22,25). The average molecular weight is 346 g/mol. The molecule has 1 aromatic carbocycles. The first-order chi connectivity index (χ1) is 11.9. The molecule has 0 bridgehead atoms. The van der Waals surface area contributed by atoms with Crippen LogP contribution in [-0.4, -0.2) is 22.4 Å². The second-order valence-corrected chi connectivity index (χ2v) is 5.55. The third-order valence-electron chi connectivity index (χ3n) is 3.85. The Bertz CT molecular complexity index is 887. The number of aromatic nitrogens is 1. The topological polar surface area (TPSA) is 51.1 Å². The number of ketones is 1. The van der Waals surface area contributed by atoms with E-state index in [1.165, 1.54) is 18.2 Å².